The van der Waals surface area contributed by atoms with Crippen molar-refractivity contribution in [1.82, 2.24) is 10.2 Å². The van der Waals surface area contributed by atoms with Gasteiger partial charge in [0, 0.05) is 5.56 Å². The molecule has 0 spiro atoms. The molecule has 3 aromatic rings. The van der Waals surface area contributed by atoms with Gasteiger partial charge in [-0.3, -0.25) is 4.79 Å². The number of nitrogens with one attached hydrogen (secondary N) is 1. The van der Waals surface area contributed by atoms with Gasteiger partial charge in [-0.05, 0) is 31.2 Å². The predicted molar refractivity (Wildman–Crippen MR) is 90.2 cm³/mol. The van der Waals surface area contributed by atoms with Gasteiger partial charge in [0.05, 0.1) is 5.75 Å². The Labute approximate surface area is 146 Å². The number of halogens is 2. The lowest BCUT2D eigenvalue weighted by Crippen LogP contribution is -2.16. The minimum absolute atomic E-state index is 0.122. The van der Waals surface area contributed by atoms with E-state index < -0.39 is 23.2 Å². The SMILES string of the molecule is Cc1ccc(-c2nnc(SCC(=O)Nc3c(F)cccc3F)o2)cc1. The van der Waals surface area contributed by atoms with E-state index in [-0.39, 0.29) is 11.0 Å². The molecule has 1 N–H and O–H groups in total. The summed E-state index contributed by atoms with van der Waals surface area (Å²) in [5.41, 5.74) is 1.40. The quantitative estimate of drug-likeness (QED) is 0.694. The summed E-state index contributed by atoms with van der Waals surface area (Å²) in [5, 5.41) is 10.2. The highest BCUT2D eigenvalue weighted by atomic mass is 32.2. The maximum atomic E-state index is 13.5. The summed E-state index contributed by atoms with van der Waals surface area (Å²) in [6.45, 7) is 1.97. The zero-order chi connectivity index (χ0) is 17.8. The third kappa shape index (κ3) is 4.21. The van der Waals surface area contributed by atoms with Crippen molar-refractivity contribution >= 4 is 23.4 Å². The van der Waals surface area contributed by atoms with Crippen molar-refractivity contribution in [2.24, 2.45) is 0 Å². The van der Waals surface area contributed by atoms with Crippen LogP contribution in [0.4, 0.5) is 14.5 Å². The molecule has 0 unspecified atom stereocenters. The molecule has 0 aliphatic rings. The fourth-order valence-corrected chi connectivity index (χ4v) is 2.56. The maximum Gasteiger partial charge on any atom is 0.277 e. The number of hydrogen-bond acceptors (Lipinski definition) is 5. The number of hydrogen-bond donors (Lipinski definition) is 1. The third-order valence-corrected chi connectivity index (χ3v) is 4.08. The molecule has 0 radical (unpaired) electrons. The predicted octanol–water partition coefficient (Wildman–Crippen LogP) is 4.05. The van der Waals surface area contributed by atoms with E-state index in [1.807, 2.05) is 31.2 Å². The van der Waals surface area contributed by atoms with Crippen LogP contribution in [0.3, 0.4) is 0 Å². The van der Waals surface area contributed by atoms with Crippen LogP contribution in [0.5, 0.6) is 0 Å². The van der Waals surface area contributed by atoms with Crippen molar-refractivity contribution in [1.29, 1.82) is 0 Å². The van der Waals surface area contributed by atoms with Gasteiger partial charge in [0.2, 0.25) is 11.8 Å². The Bertz CT molecular complexity index is 877. The smallest absolute Gasteiger partial charge is 0.277 e. The molecule has 8 heteroatoms. The zero-order valence-electron chi connectivity index (χ0n) is 13.1. The van der Waals surface area contributed by atoms with Crippen molar-refractivity contribution in [3.63, 3.8) is 0 Å². The van der Waals surface area contributed by atoms with E-state index in [0.717, 1.165) is 35.0 Å². The van der Waals surface area contributed by atoms with Crippen molar-refractivity contribution in [2.45, 2.75) is 12.1 Å². The molecule has 3 rings (SSSR count). The molecular formula is C17H13F2N3O2S. The van der Waals surface area contributed by atoms with Crippen molar-refractivity contribution < 1.29 is 18.0 Å². The van der Waals surface area contributed by atoms with Crippen molar-refractivity contribution in [3.8, 4) is 11.5 Å². The first kappa shape index (κ1) is 17.1. The van der Waals surface area contributed by atoms with Crippen LogP contribution in [0, 0.1) is 18.6 Å². The average molecular weight is 361 g/mol. The number of benzene rings is 2. The van der Waals surface area contributed by atoms with Gasteiger partial charge >= 0.3 is 0 Å². The fraction of sp³-hybridized carbons (Fsp3) is 0.118. The number of amides is 1. The van der Waals surface area contributed by atoms with Crippen LogP contribution >= 0.6 is 11.8 Å². The van der Waals surface area contributed by atoms with Crippen LogP contribution in [-0.2, 0) is 4.79 Å². The van der Waals surface area contributed by atoms with Crippen LogP contribution in [0.2, 0.25) is 0 Å². The normalized spacial score (nSPS) is 10.7. The molecule has 2 aromatic carbocycles. The number of aryl methyl sites for hydroxylation is 1. The zero-order valence-corrected chi connectivity index (χ0v) is 13.9. The Morgan fingerprint density at radius 1 is 1.12 bits per heavy atom. The van der Waals surface area contributed by atoms with Crippen LogP contribution in [0.1, 0.15) is 5.56 Å². The van der Waals surface area contributed by atoms with Crippen LogP contribution < -0.4 is 5.32 Å². The Balaban J connectivity index is 1.60. The second-order valence-electron chi connectivity index (χ2n) is 5.17. The molecule has 5 nitrogen and oxygen atoms in total. The first-order chi connectivity index (χ1) is 12.0. The molecular weight excluding hydrogens is 348 g/mol. The molecule has 25 heavy (non-hydrogen) atoms. The number of thioether (sulfide) groups is 1. The van der Waals surface area contributed by atoms with E-state index in [2.05, 4.69) is 15.5 Å². The number of carbonyl (C=O) groups excluding carboxylic acids is 1. The summed E-state index contributed by atoms with van der Waals surface area (Å²) in [7, 11) is 0. The summed E-state index contributed by atoms with van der Waals surface area (Å²) < 4.78 is 32.5. The fourth-order valence-electron chi connectivity index (χ4n) is 2.00. The van der Waals surface area contributed by atoms with E-state index in [4.69, 9.17) is 4.42 Å². The number of para-hydroxylation sites is 1. The summed E-state index contributed by atoms with van der Waals surface area (Å²) in [6.07, 6.45) is 0. The number of nitrogens with zero attached hydrogens (tertiary/aromatic N) is 2. The van der Waals surface area contributed by atoms with Crippen LogP contribution in [-0.4, -0.2) is 21.9 Å². The van der Waals surface area contributed by atoms with Gasteiger partial charge in [0.1, 0.15) is 17.3 Å². The summed E-state index contributed by atoms with van der Waals surface area (Å²) >= 11 is 0.981. The van der Waals surface area contributed by atoms with E-state index in [0.29, 0.717) is 5.89 Å². The second-order valence-corrected chi connectivity index (χ2v) is 6.10. The minimum atomic E-state index is -0.835. The lowest BCUT2D eigenvalue weighted by atomic mass is 10.1. The summed E-state index contributed by atoms with van der Waals surface area (Å²) in [4.78, 5) is 11.8. The highest BCUT2D eigenvalue weighted by Crippen LogP contribution is 2.24. The van der Waals surface area contributed by atoms with Gasteiger partial charge in [0.25, 0.3) is 5.22 Å². The molecule has 0 aliphatic heterocycles. The Morgan fingerprint density at radius 3 is 2.48 bits per heavy atom. The highest BCUT2D eigenvalue weighted by Gasteiger charge is 2.14. The highest BCUT2D eigenvalue weighted by molar-refractivity contribution is 7.99. The van der Waals surface area contributed by atoms with Gasteiger partial charge in [-0.25, -0.2) is 8.78 Å². The van der Waals surface area contributed by atoms with Crippen molar-refractivity contribution in [3.05, 3.63) is 59.7 Å². The third-order valence-electron chi connectivity index (χ3n) is 3.26. The van der Waals surface area contributed by atoms with Gasteiger partial charge in [0.15, 0.2) is 0 Å². The lowest BCUT2D eigenvalue weighted by molar-refractivity contribution is -0.113. The Morgan fingerprint density at radius 2 is 1.80 bits per heavy atom. The van der Waals surface area contributed by atoms with Gasteiger partial charge in [-0.1, -0.05) is 35.5 Å². The molecule has 128 valence electrons. The standard InChI is InChI=1S/C17H13F2N3O2S/c1-10-5-7-11(8-6-10)16-21-22-17(24-16)25-9-14(23)20-15-12(18)3-2-4-13(15)19/h2-8H,9H2,1H3,(H,20,23). The van der Waals surface area contributed by atoms with E-state index in [1.165, 1.54) is 6.07 Å². The Hall–Kier alpha value is -2.74. The maximum absolute atomic E-state index is 13.5. The lowest BCUT2D eigenvalue weighted by Gasteiger charge is -2.06. The minimum Gasteiger partial charge on any atom is -0.411 e. The molecule has 0 bridgehead atoms. The number of carbonyl (C=O) groups is 1. The van der Waals surface area contributed by atoms with Gasteiger partial charge in [-0.2, -0.15) is 0 Å². The molecule has 0 aliphatic carbocycles. The summed E-state index contributed by atoms with van der Waals surface area (Å²) in [6, 6.07) is 10.9. The van der Waals surface area contributed by atoms with E-state index >= 15 is 0 Å². The van der Waals surface area contributed by atoms with Gasteiger partial charge in [-0.15, -0.1) is 10.2 Å². The van der Waals surface area contributed by atoms with E-state index in [9.17, 15) is 13.6 Å². The summed E-state index contributed by atoms with van der Waals surface area (Å²) in [5.74, 6) is -2.04. The van der Waals surface area contributed by atoms with Crippen molar-refractivity contribution in [2.75, 3.05) is 11.1 Å². The number of aromatic nitrogens is 2. The first-order valence-electron chi connectivity index (χ1n) is 7.30. The van der Waals surface area contributed by atoms with Gasteiger partial charge < -0.3 is 9.73 Å². The molecule has 0 saturated heterocycles. The molecule has 1 heterocycles. The average Bonchev–Trinajstić information content (AvgIpc) is 3.06. The molecule has 0 fully saturated rings. The number of anilines is 1. The van der Waals surface area contributed by atoms with Crippen LogP contribution in [0.15, 0.2) is 52.1 Å². The van der Waals surface area contributed by atoms with Crippen LogP contribution in [0.25, 0.3) is 11.5 Å². The molecule has 1 amide bonds. The molecule has 0 saturated carbocycles. The Kier molecular flexibility index (Phi) is 5.08. The number of rotatable bonds is 5. The first-order valence-corrected chi connectivity index (χ1v) is 8.28. The van der Waals surface area contributed by atoms with E-state index in [1.54, 1.807) is 0 Å². The molecule has 1 aromatic heterocycles. The largest absolute Gasteiger partial charge is 0.411 e. The topological polar surface area (TPSA) is 68.0 Å². The molecule has 0 atom stereocenters. The monoisotopic (exact) mass is 361 g/mol. The second kappa shape index (κ2) is 7.43.